The molecule has 140 valence electrons. The fourth-order valence-electron chi connectivity index (χ4n) is 2.77. The Morgan fingerprint density at radius 1 is 1.40 bits per heavy atom. The van der Waals surface area contributed by atoms with Crippen molar-refractivity contribution in [1.29, 1.82) is 0 Å². The minimum Gasteiger partial charge on any atom is -0.376 e. The standard InChI is InChI=1S/C17H28N4O4/c1-11(2)16(25-10-14-6-5-7-24-14)17(23)19-18-15(22)9-21-13(4)8-12(3)20-21/h8,11,14,16H,5-7,9-10H2,1-4H3,(H,18,22)(H,19,23)/t14-,16+/m1/s1. The van der Waals surface area contributed by atoms with Crippen molar-refractivity contribution >= 4 is 11.8 Å². The van der Waals surface area contributed by atoms with Gasteiger partial charge >= 0.3 is 0 Å². The van der Waals surface area contributed by atoms with E-state index in [0.717, 1.165) is 30.8 Å². The van der Waals surface area contributed by atoms with Gasteiger partial charge in [0, 0.05) is 12.3 Å². The number of ether oxygens (including phenoxy) is 2. The number of aryl methyl sites for hydroxylation is 2. The Morgan fingerprint density at radius 3 is 2.72 bits per heavy atom. The highest BCUT2D eigenvalue weighted by atomic mass is 16.5. The summed E-state index contributed by atoms with van der Waals surface area (Å²) in [5.41, 5.74) is 6.59. The van der Waals surface area contributed by atoms with E-state index in [-0.39, 0.29) is 30.4 Å². The van der Waals surface area contributed by atoms with E-state index >= 15 is 0 Å². The fourth-order valence-corrected chi connectivity index (χ4v) is 2.77. The zero-order chi connectivity index (χ0) is 18.4. The molecule has 1 aromatic heterocycles. The average Bonchev–Trinajstić information content (AvgIpc) is 3.15. The molecule has 2 heterocycles. The molecule has 0 radical (unpaired) electrons. The number of nitrogens with zero attached hydrogens (tertiary/aromatic N) is 2. The van der Waals surface area contributed by atoms with E-state index in [9.17, 15) is 9.59 Å². The van der Waals surface area contributed by atoms with Crippen molar-refractivity contribution in [2.75, 3.05) is 13.2 Å². The largest absolute Gasteiger partial charge is 0.376 e. The van der Waals surface area contributed by atoms with Crippen LogP contribution in [0.5, 0.6) is 0 Å². The Kier molecular flexibility index (Phi) is 6.95. The predicted octanol–water partition coefficient (Wildman–Crippen LogP) is 0.868. The number of aromatic nitrogens is 2. The summed E-state index contributed by atoms with van der Waals surface area (Å²) in [6.07, 6.45) is 1.38. The number of carbonyl (C=O) groups excluding carboxylic acids is 2. The maximum absolute atomic E-state index is 12.3. The molecule has 2 atom stereocenters. The molecule has 1 saturated heterocycles. The molecule has 2 N–H and O–H groups in total. The molecule has 0 aromatic carbocycles. The van der Waals surface area contributed by atoms with Crippen molar-refractivity contribution in [3.8, 4) is 0 Å². The van der Waals surface area contributed by atoms with Crippen LogP contribution in [0.1, 0.15) is 38.1 Å². The zero-order valence-corrected chi connectivity index (χ0v) is 15.4. The molecular formula is C17H28N4O4. The molecular weight excluding hydrogens is 324 g/mol. The van der Waals surface area contributed by atoms with Crippen LogP contribution in [0.4, 0.5) is 0 Å². The maximum Gasteiger partial charge on any atom is 0.267 e. The average molecular weight is 352 g/mol. The third kappa shape index (κ3) is 5.82. The highest BCUT2D eigenvalue weighted by Gasteiger charge is 2.26. The highest BCUT2D eigenvalue weighted by molar-refractivity contribution is 5.84. The number of carbonyl (C=O) groups is 2. The molecule has 8 heteroatoms. The molecule has 1 fully saturated rings. The van der Waals surface area contributed by atoms with Gasteiger partial charge in [-0.25, -0.2) is 0 Å². The van der Waals surface area contributed by atoms with Crippen molar-refractivity contribution in [1.82, 2.24) is 20.6 Å². The summed E-state index contributed by atoms with van der Waals surface area (Å²) in [6, 6.07) is 1.89. The van der Waals surface area contributed by atoms with Crippen LogP contribution in [-0.2, 0) is 25.6 Å². The lowest BCUT2D eigenvalue weighted by atomic mass is 10.1. The van der Waals surface area contributed by atoms with Crippen LogP contribution < -0.4 is 10.9 Å². The Labute approximate surface area is 148 Å². The maximum atomic E-state index is 12.3. The smallest absolute Gasteiger partial charge is 0.267 e. The number of nitrogens with one attached hydrogen (secondary N) is 2. The fraction of sp³-hybridized carbons (Fsp3) is 0.706. The highest BCUT2D eigenvalue weighted by Crippen LogP contribution is 2.15. The molecule has 0 aliphatic carbocycles. The summed E-state index contributed by atoms with van der Waals surface area (Å²) in [7, 11) is 0. The summed E-state index contributed by atoms with van der Waals surface area (Å²) < 4.78 is 12.8. The van der Waals surface area contributed by atoms with Crippen molar-refractivity contribution < 1.29 is 19.1 Å². The number of rotatable bonds is 7. The van der Waals surface area contributed by atoms with E-state index < -0.39 is 6.10 Å². The minimum atomic E-state index is -0.641. The third-order valence-electron chi connectivity index (χ3n) is 4.07. The van der Waals surface area contributed by atoms with Crippen molar-refractivity contribution in [2.24, 2.45) is 5.92 Å². The molecule has 2 amide bonds. The summed E-state index contributed by atoms with van der Waals surface area (Å²) in [6.45, 7) is 8.71. The first kappa shape index (κ1) is 19.4. The van der Waals surface area contributed by atoms with Crippen LogP contribution in [0.25, 0.3) is 0 Å². The molecule has 1 aliphatic rings. The quantitative estimate of drug-likeness (QED) is 0.710. The topological polar surface area (TPSA) is 94.5 Å². The summed E-state index contributed by atoms with van der Waals surface area (Å²) in [4.78, 5) is 24.3. The van der Waals surface area contributed by atoms with Crippen LogP contribution in [0.15, 0.2) is 6.07 Å². The minimum absolute atomic E-state index is 0.0192. The lowest BCUT2D eigenvalue weighted by molar-refractivity contribution is -0.141. The Bertz CT molecular complexity index is 593. The van der Waals surface area contributed by atoms with Gasteiger partial charge in [0.1, 0.15) is 12.6 Å². The lowest BCUT2D eigenvalue weighted by Gasteiger charge is -2.22. The van der Waals surface area contributed by atoms with Gasteiger partial charge in [-0.3, -0.25) is 25.1 Å². The van der Waals surface area contributed by atoms with Gasteiger partial charge in [0.05, 0.1) is 18.4 Å². The first-order valence-electron chi connectivity index (χ1n) is 8.69. The molecule has 0 spiro atoms. The van der Waals surface area contributed by atoms with Crippen LogP contribution in [-0.4, -0.2) is 47.0 Å². The first-order chi connectivity index (χ1) is 11.9. The van der Waals surface area contributed by atoms with E-state index in [1.165, 1.54) is 0 Å². The van der Waals surface area contributed by atoms with Crippen molar-refractivity contribution in [3.05, 3.63) is 17.5 Å². The number of hydrogen-bond donors (Lipinski definition) is 2. The second kappa shape index (κ2) is 8.96. The number of hydrazine groups is 1. The van der Waals surface area contributed by atoms with Crippen LogP contribution in [0.2, 0.25) is 0 Å². The van der Waals surface area contributed by atoms with Crippen LogP contribution >= 0.6 is 0 Å². The summed E-state index contributed by atoms with van der Waals surface area (Å²) in [5, 5.41) is 4.22. The number of amides is 2. The van der Waals surface area contributed by atoms with Gasteiger partial charge in [0.25, 0.3) is 11.8 Å². The van der Waals surface area contributed by atoms with E-state index in [1.807, 2.05) is 33.8 Å². The van der Waals surface area contributed by atoms with Gasteiger partial charge in [0.15, 0.2) is 0 Å². The number of hydrogen-bond acceptors (Lipinski definition) is 5. The predicted molar refractivity (Wildman–Crippen MR) is 91.5 cm³/mol. The molecule has 25 heavy (non-hydrogen) atoms. The monoisotopic (exact) mass is 352 g/mol. The Morgan fingerprint density at radius 2 is 2.16 bits per heavy atom. The van der Waals surface area contributed by atoms with Gasteiger partial charge in [-0.05, 0) is 38.7 Å². The summed E-state index contributed by atoms with van der Waals surface area (Å²) >= 11 is 0. The first-order valence-corrected chi connectivity index (χ1v) is 8.69. The van der Waals surface area contributed by atoms with Crippen molar-refractivity contribution in [2.45, 2.75) is 59.3 Å². The molecule has 8 nitrogen and oxygen atoms in total. The third-order valence-corrected chi connectivity index (χ3v) is 4.07. The Balaban J connectivity index is 1.79. The molecule has 2 rings (SSSR count). The second-order valence-corrected chi connectivity index (χ2v) is 6.76. The molecule has 0 bridgehead atoms. The van der Waals surface area contributed by atoms with E-state index in [0.29, 0.717) is 6.61 Å². The lowest BCUT2D eigenvalue weighted by Crippen LogP contribution is -2.50. The zero-order valence-electron chi connectivity index (χ0n) is 15.4. The molecule has 1 aliphatic heterocycles. The van der Waals surface area contributed by atoms with E-state index in [1.54, 1.807) is 4.68 Å². The van der Waals surface area contributed by atoms with Gasteiger partial charge in [-0.1, -0.05) is 13.8 Å². The normalized spacial score (nSPS) is 18.4. The molecule has 0 saturated carbocycles. The second-order valence-electron chi connectivity index (χ2n) is 6.76. The van der Waals surface area contributed by atoms with E-state index in [4.69, 9.17) is 9.47 Å². The molecule has 1 aromatic rings. The van der Waals surface area contributed by atoms with Crippen LogP contribution in [0, 0.1) is 19.8 Å². The Hall–Kier alpha value is -1.93. The SMILES string of the molecule is Cc1cc(C)n(CC(=O)NNC(=O)[C@@H](OC[C@H]2CCCO2)C(C)C)n1. The molecule has 0 unspecified atom stereocenters. The van der Waals surface area contributed by atoms with Crippen LogP contribution in [0.3, 0.4) is 0 Å². The van der Waals surface area contributed by atoms with Crippen molar-refractivity contribution in [3.63, 3.8) is 0 Å². The van der Waals surface area contributed by atoms with Gasteiger partial charge < -0.3 is 9.47 Å². The van der Waals surface area contributed by atoms with Gasteiger partial charge in [0.2, 0.25) is 0 Å². The van der Waals surface area contributed by atoms with Gasteiger partial charge in [-0.2, -0.15) is 5.10 Å². The van der Waals surface area contributed by atoms with Gasteiger partial charge in [-0.15, -0.1) is 0 Å². The summed E-state index contributed by atoms with van der Waals surface area (Å²) in [5.74, 6) is -0.731. The van der Waals surface area contributed by atoms with E-state index in [2.05, 4.69) is 16.0 Å².